The van der Waals surface area contributed by atoms with Gasteiger partial charge in [-0.1, -0.05) is 17.3 Å². The predicted molar refractivity (Wildman–Crippen MR) is 82.7 cm³/mol. The van der Waals surface area contributed by atoms with Crippen molar-refractivity contribution in [1.29, 1.82) is 5.26 Å². The maximum atomic E-state index is 12.5. The molecule has 0 bridgehead atoms. The van der Waals surface area contributed by atoms with Crippen LogP contribution in [-0.2, 0) is 11.2 Å². The molecule has 0 fully saturated rings. The third-order valence-electron chi connectivity index (χ3n) is 3.54. The van der Waals surface area contributed by atoms with Crippen molar-refractivity contribution >= 4 is 27.3 Å². The summed E-state index contributed by atoms with van der Waals surface area (Å²) in [5.74, 6) is -0.422. The van der Waals surface area contributed by atoms with Gasteiger partial charge in [-0.05, 0) is 26.0 Å². The number of carbonyl (C=O) groups is 1. The van der Waals surface area contributed by atoms with Crippen molar-refractivity contribution in [3.05, 3.63) is 46.3 Å². The average molecular weight is 311 g/mol. The number of hydrogen-bond acceptors (Lipinski definition) is 6. The molecule has 1 atom stereocenters. The summed E-state index contributed by atoms with van der Waals surface area (Å²) in [5, 5.41) is 13.8. The molecule has 3 aromatic rings. The van der Waals surface area contributed by atoms with E-state index in [0.29, 0.717) is 16.5 Å². The van der Waals surface area contributed by atoms with Gasteiger partial charge in [-0.3, -0.25) is 4.79 Å². The van der Waals surface area contributed by atoms with Crippen molar-refractivity contribution in [2.45, 2.75) is 26.2 Å². The summed E-state index contributed by atoms with van der Waals surface area (Å²) in [7, 11) is 0. The maximum absolute atomic E-state index is 12.5. The van der Waals surface area contributed by atoms with Gasteiger partial charge in [0.25, 0.3) is 0 Å². The molecule has 22 heavy (non-hydrogen) atoms. The highest BCUT2D eigenvalue weighted by molar-refractivity contribution is 7.18. The van der Waals surface area contributed by atoms with Gasteiger partial charge in [-0.25, -0.2) is 4.98 Å². The van der Waals surface area contributed by atoms with Crippen molar-refractivity contribution in [2.24, 2.45) is 0 Å². The Labute approximate surface area is 131 Å². The van der Waals surface area contributed by atoms with Crippen molar-refractivity contribution in [2.75, 3.05) is 0 Å². The number of aryl methyl sites for hydroxylation is 2. The van der Waals surface area contributed by atoms with E-state index in [1.165, 1.54) is 11.3 Å². The maximum Gasteiger partial charge on any atom is 0.161 e. The fourth-order valence-electron chi connectivity index (χ4n) is 2.31. The van der Waals surface area contributed by atoms with Gasteiger partial charge >= 0.3 is 0 Å². The van der Waals surface area contributed by atoms with Crippen LogP contribution in [0, 0.1) is 25.2 Å². The van der Waals surface area contributed by atoms with Crippen LogP contribution in [-0.4, -0.2) is 15.9 Å². The summed E-state index contributed by atoms with van der Waals surface area (Å²) in [6.45, 7) is 3.56. The third-order valence-corrected chi connectivity index (χ3v) is 4.64. The van der Waals surface area contributed by atoms with E-state index < -0.39 is 5.92 Å². The monoisotopic (exact) mass is 311 g/mol. The van der Waals surface area contributed by atoms with Gasteiger partial charge in [0.1, 0.15) is 10.8 Å². The summed E-state index contributed by atoms with van der Waals surface area (Å²) < 4.78 is 6.04. The number of hydrogen-bond donors (Lipinski definition) is 0. The Bertz CT molecular complexity index is 836. The Morgan fingerprint density at radius 1 is 1.41 bits per heavy atom. The van der Waals surface area contributed by atoms with Crippen LogP contribution >= 0.6 is 11.3 Å². The molecule has 0 spiro atoms. The van der Waals surface area contributed by atoms with Crippen LogP contribution in [0.3, 0.4) is 0 Å². The number of nitrogens with zero attached hydrogens (tertiary/aromatic N) is 3. The number of benzene rings is 1. The van der Waals surface area contributed by atoms with E-state index in [-0.39, 0.29) is 12.2 Å². The Morgan fingerprint density at radius 3 is 2.82 bits per heavy atom. The molecule has 0 amide bonds. The second-order valence-electron chi connectivity index (χ2n) is 5.03. The highest BCUT2D eigenvalue weighted by atomic mass is 32.1. The molecule has 6 heteroatoms. The molecule has 0 unspecified atom stereocenters. The summed E-state index contributed by atoms with van der Waals surface area (Å²) >= 11 is 1.39. The number of nitriles is 1. The van der Waals surface area contributed by atoms with Crippen LogP contribution in [0.5, 0.6) is 0 Å². The molecule has 1 aromatic carbocycles. The first-order chi connectivity index (χ1) is 10.6. The van der Waals surface area contributed by atoms with Crippen molar-refractivity contribution in [1.82, 2.24) is 10.1 Å². The standard InChI is InChI=1S/C16H13N3O2S/c1-9-11(10(2)21-19-9)7-14(20)12(8-17)16-18-13-5-3-4-6-15(13)22-16/h3-6,12H,7H2,1-2H3/t12-/m0/s1. The molecule has 2 aromatic heterocycles. The topological polar surface area (TPSA) is 79.8 Å². The lowest BCUT2D eigenvalue weighted by molar-refractivity contribution is -0.118. The fourth-order valence-corrected chi connectivity index (χ4v) is 3.35. The minimum absolute atomic E-state index is 0.134. The number of para-hydroxylation sites is 1. The van der Waals surface area contributed by atoms with E-state index in [0.717, 1.165) is 15.8 Å². The van der Waals surface area contributed by atoms with Crippen LogP contribution < -0.4 is 0 Å². The van der Waals surface area contributed by atoms with Gasteiger partial charge in [0.2, 0.25) is 0 Å². The van der Waals surface area contributed by atoms with Gasteiger partial charge < -0.3 is 4.52 Å². The Morgan fingerprint density at radius 2 is 2.18 bits per heavy atom. The molecular weight excluding hydrogens is 298 g/mol. The van der Waals surface area contributed by atoms with E-state index in [9.17, 15) is 10.1 Å². The number of rotatable bonds is 4. The van der Waals surface area contributed by atoms with Crippen LogP contribution in [0.15, 0.2) is 28.8 Å². The summed E-state index contributed by atoms with van der Waals surface area (Å²) in [4.78, 5) is 16.9. The second kappa shape index (κ2) is 5.70. The molecular formula is C16H13N3O2S. The van der Waals surface area contributed by atoms with E-state index in [1.54, 1.807) is 13.8 Å². The summed E-state index contributed by atoms with van der Waals surface area (Å²) in [5.41, 5.74) is 2.26. The molecule has 110 valence electrons. The molecule has 0 aliphatic carbocycles. The van der Waals surface area contributed by atoms with E-state index >= 15 is 0 Å². The zero-order valence-electron chi connectivity index (χ0n) is 12.2. The number of carbonyl (C=O) groups excluding carboxylic acids is 1. The predicted octanol–water partition coefficient (Wildman–Crippen LogP) is 3.32. The molecule has 3 rings (SSSR count). The second-order valence-corrected chi connectivity index (χ2v) is 6.09. The lowest BCUT2D eigenvalue weighted by Crippen LogP contribution is -2.14. The first-order valence-corrected chi connectivity index (χ1v) is 7.61. The molecule has 0 radical (unpaired) electrons. The highest BCUT2D eigenvalue weighted by Gasteiger charge is 2.26. The number of ketones is 1. The lowest BCUT2D eigenvalue weighted by atomic mass is 9.98. The number of Topliss-reactive ketones (excluding diaryl/α,β-unsaturated/α-hetero) is 1. The van der Waals surface area contributed by atoms with Gasteiger partial charge in [0.15, 0.2) is 11.7 Å². The Kier molecular flexibility index (Phi) is 3.73. The number of aromatic nitrogens is 2. The zero-order valence-corrected chi connectivity index (χ0v) is 13.0. The average Bonchev–Trinajstić information content (AvgIpc) is 3.06. The Balaban J connectivity index is 1.90. The lowest BCUT2D eigenvalue weighted by Gasteiger charge is -2.04. The molecule has 5 nitrogen and oxygen atoms in total. The van der Waals surface area contributed by atoms with Gasteiger partial charge in [-0.15, -0.1) is 11.3 Å². The first-order valence-electron chi connectivity index (χ1n) is 6.79. The van der Waals surface area contributed by atoms with E-state index in [4.69, 9.17) is 4.52 Å². The van der Waals surface area contributed by atoms with Crippen LogP contribution in [0.4, 0.5) is 0 Å². The first kappa shape index (κ1) is 14.4. The minimum atomic E-state index is -0.855. The van der Waals surface area contributed by atoms with Crippen molar-refractivity contribution in [3.8, 4) is 6.07 Å². The van der Waals surface area contributed by atoms with Crippen molar-refractivity contribution in [3.63, 3.8) is 0 Å². The van der Waals surface area contributed by atoms with Crippen LogP contribution in [0.25, 0.3) is 10.2 Å². The molecule has 0 saturated carbocycles. The minimum Gasteiger partial charge on any atom is -0.361 e. The smallest absolute Gasteiger partial charge is 0.161 e. The molecule has 0 aliphatic heterocycles. The molecule has 0 N–H and O–H groups in total. The summed E-state index contributed by atoms with van der Waals surface area (Å²) in [6.07, 6.45) is 0.134. The largest absolute Gasteiger partial charge is 0.361 e. The quantitative estimate of drug-likeness (QED) is 0.738. The molecule has 2 heterocycles. The molecule has 0 aliphatic rings. The van der Waals surface area contributed by atoms with Gasteiger partial charge in [-0.2, -0.15) is 5.26 Å². The molecule has 0 saturated heterocycles. The van der Waals surface area contributed by atoms with Crippen molar-refractivity contribution < 1.29 is 9.32 Å². The summed E-state index contributed by atoms with van der Waals surface area (Å²) in [6, 6.07) is 9.69. The normalized spacial score (nSPS) is 12.2. The zero-order chi connectivity index (χ0) is 15.7. The van der Waals surface area contributed by atoms with E-state index in [2.05, 4.69) is 16.2 Å². The third kappa shape index (κ3) is 2.51. The van der Waals surface area contributed by atoms with Gasteiger partial charge in [0, 0.05) is 12.0 Å². The number of fused-ring (bicyclic) bond motifs is 1. The van der Waals surface area contributed by atoms with Gasteiger partial charge in [0.05, 0.1) is 22.0 Å². The van der Waals surface area contributed by atoms with E-state index in [1.807, 2.05) is 24.3 Å². The fraction of sp³-hybridized carbons (Fsp3) is 0.250. The SMILES string of the molecule is Cc1noc(C)c1CC(=O)[C@H](C#N)c1nc2ccccc2s1. The Hall–Kier alpha value is -2.52. The highest BCUT2D eigenvalue weighted by Crippen LogP contribution is 2.29. The van der Waals surface area contributed by atoms with Crippen LogP contribution in [0.1, 0.15) is 27.9 Å². The number of thiazole rings is 1. The van der Waals surface area contributed by atoms with Crippen LogP contribution in [0.2, 0.25) is 0 Å².